The zero-order valence-electron chi connectivity index (χ0n) is 8.81. The van der Waals surface area contributed by atoms with Crippen LogP contribution < -0.4 is 9.46 Å². The molecule has 0 aliphatic rings. The van der Waals surface area contributed by atoms with Gasteiger partial charge in [-0.3, -0.25) is 9.52 Å². The minimum Gasteiger partial charge on any atom is -0.494 e. The summed E-state index contributed by atoms with van der Waals surface area (Å²) in [7, 11) is -2.77. The topological polar surface area (TPSA) is 92.7 Å². The Morgan fingerprint density at radius 3 is 2.71 bits per heavy atom. The van der Waals surface area contributed by atoms with Gasteiger partial charge in [-0.25, -0.2) is 12.8 Å². The fourth-order valence-corrected chi connectivity index (χ4v) is 1.98. The third-order valence-electron chi connectivity index (χ3n) is 1.74. The number of methoxy groups -OCH3 is 1. The molecule has 0 heterocycles. The van der Waals surface area contributed by atoms with Gasteiger partial charge in [-0.05, 0) is 12.1 Å². The summed E-state index contributed by atoms with van der Waals surface area (Å²) in [5, 5.41) is 8.37. The smallest absolute Gasteiger partial charge is 0.320 e. The van der Waals surface area contributed by atoms with Crippen molar-refractivity contribution in [3.63, 3.8) is 0 Å². The Hall–Kier alpha value is -1.83. The number of benzene rings is 1. The molecule has 17 heavy (non-hydrogen) atoms. The van der Waals surface area contributed by atoms with Crippen LogP contribution in [-0.2, 0) is 14.8 Å². The van der Waals surface area contributed by atoms with Crippen molar-refractivity contribution in [1.29, 1.82) is 0 Å². The Morgan fingerprint density at radius 1 is 1.53 bits per heavy atom. The number of aliphatic carboxylic acids is 1. The molecule has 2 N–H and O–H groups in total. The number of carboxylic acids is 1. The van der Waals surface area contributed by atoms with E-state index in [4.69, 9.17) is 5.11 Å². The van der Waals surface area contributed by atoms with E-state index in [9.17, 15) is 17.6 Å². The first-order valence-electron chi connectivity index (χ1n) is 4.40. The van der Waals surface area contributed by atoms with Gasteiger partial charge in [0.1, 0.15) is 0 Å². The molecule has 0 fully saturated rings. The van der Waals surface area contributed by atoms with Gasteiger partial charge < -0.3 is 9.84 Å². The van der Waals surface area contributed by atoms with E-state index in [0.717, 1.165) is 18.2 Å². The minimum atomic E-state index is -4.00. The van der Waals surface area contributed by atoms with Gasteiger partial charge in [0, 0.05) is 6.07 Å². The molecule has 8 heteroatoms. The lowest BCUT2D eigenvalue weighted by Gasteiger charge is -2.08. The fraction of sp³-hybridized carbons (Fsp3) is 0.222. The molecular weight excluding hydrogens is 253 g/mol. The standard InChI is InChI=1S/C9H10FNO5S/c1-16-8-4-6(2-3-7(8)10)11-17(14,15)5-9(12)13/h2-4,11H,5H2,1H3,(H,12,13). The summed E-state index contributed by atoms with van der Waals surface area (Å²) in [5.74, 6) is -3.33. The second-order valence-corrected chi connectivity index (χ2v) is 4.83. The minimum absolute atomic E-state index is 0.0319. The van der Waals surface area contributed by atoms with Crippen molar-refractivity contribution in [1.82, 2.24) is 0 Å². The number of carbonyl (C=O) groups is 1. The van der Waals surface area contributed by atoms with Crippen LogP contribution in [0.4, 0.5) is 10.1 Å². The van der Waals surface area contributed by atoms with Crippen LogP contribution in [0.1, 0.15) is 0 Å². The number of nitrogens with one attached hydrogen (secondary N) is 1. The summed E-state index contributed by atoms with van der Waals surface area (Å²) in [4.78, 5) is 10.3. The van der Waals surface area contributed by atoms with E-state index in [1.54, 1.807) is 0 Å². The molecule has 0 aliphatic heterocycles. The van der Waals surface area contributed by atoms with Crippen LogP contribution in [0.15, 0.2) is 18.2 Å². The maximum atomic E-state index is 13.0. The molecule has 1 aromatic rings. The van der Waals surface area contributed by atoms with Crippen molar-refractivity contribution in [2.75, 3.05) is 17.6 Å². The number of sulfonamides is 1. The third-order valence-corrected chi connectivity index (χ3v) is 2.91. The normalized spacial score (nSPS) is 10.9. The number of halogens is 1. The van der Waals surface area contributed by atoms with Crippen LogP contribution in [0.25, 0.3) is 0 Å². The van der Waals surface area contributed by atoms with E-state index < -0.39 is 27.6 Å². The molecule has 1 rings (SSSR count). The zero-order valence-corrected chi connectivity index (χ0v) is 9.62. The van der Waals surface area contributed by atoms with Crippen LogP contribution >= 0.6 is 0 Å². The number of ether oxygens (including phenoxy) is 1. The summed E-state index contributed by atoms with van der Waals surface area (Å²) in [6.07, 6.45) is 0. The Labute approximate surface area is 97.1 Å². The van der Waals surface area contributed by atoms with E-state index in [0.29, 0.717) is 0 Å². The molecule has 0 atom stereocenters. The van der Waals surface area contributed by atoms with Gasteiger partial charge in [0.15, 0.2) is 17.3 Å². The third kappa shape index (κ3) is 3.91. The predicted octanol–water partition coefficient (Wildman–Crippen LogP) is 0.661. The molecule has 0 amide bonds. The molecule has 0 saturated heterocycles. The van der Waals surface area contributed by atoms with Crippen LogP contribution in [0, 0.1) is 5.82 Å². The maximum absolute atomic E-state index is 13.0. The molecule has 0 aliphatic carbocycles. The number of carboxylic acid groups (broad SMARTS) is 1. The van der Waals surface area contributed by atoms with E-state index in [1.165, 1.54) is 7.11 Å². The molecular formula is C9H10FNO5S. The Balaban J connectivity index is 2.92. The molecule has 1 aromatic carbocycles. The monoisotopic (exact) mass is 263 g/mol. The van der Waals surface area contributed by atoms with Crippen molar-refractivity contribution < 1.29 is 27.4 Å². The van der Waals surface area contributed by atoms with Gasteiger partial charge in [-0.15, -0.1) is 0 Å². The maximum Gasteiger partial charge on any atom is 0.320 e. The van der Waals surface area contributed by atoms with E-state index in [1.807, 2.05) is 4.72 Å². The largest absolute Gasteiger partial charge is 0.494 e. The quantitative estimate of drug-likeness (QED) is 0.814. The number of hydrogen-bond acceptors (Lipinski definition) is 4. The first-order chi connectivity index (χ1) is 7.84. The number of rotatable bonds is 5. The van der Waals surface area contributed by atoms with Gasteiger partial charge in [0.25, 0.3) is 0 Å². The van der Waals surface area contributed by atoms with Gasteiger partial charge in [0.05, 0.1) is 12.8 Å². The zero-order chi connectivity index (χ0) is 13.1. The van der Waals surface area contributed by atoms with Crippen LogP contribution in [-0.4, -0.2) is 32.4 Å². The van der Waals surface area contributed by atoms with Gasteiger partial charge >= 0.3 is 5.97 Å². The van der Waals surface area contributed by atoms with Crippen LogP contribution in [0.3, 0.4) is 0 Å². The van der Waals surface area contributed by atoms with Crippen LogP contribution in [0.5, 0.6) is 5.75 Å². The molecule has 0 radical (unpaired) electrons. The first-order valence-corrected chi connectivity index (χ1v) is 6.05. The Bertz CT molecular complexity index is 528. The van der Waals surface area contributed by atoms with Crippen molar-refractivity contribution >= 4 is 21.7 Å². The average Bonchev–Trinajstić information content (AvgIpc) is 2.18. The van der Waals surface area contributed by atoms with Gasteiger partial charge in [-0.1, -0.05) is 0 Å². The summed E-state index contributed by atoms with van der Waals surface area (Å²) in [6, 6.07) is 3.30. The SMILES string of the molecule is COc1cc(NS(=O)(=O)CC(=O)O)ccc1F. The molecule has 0 spiro atoms. The summed E-state index contributed by atoms with van der Waals surface area (Å²) >= 11 is 0. The molecule has 0 aromatic heterocycles. The van der Waals surface area contributed by atoms with Crippen molar-refractivity contribution in [3.8, 4) is 5.75 Å². The van der Waals surface area contributed by atoms with Crippen molar-refractivity contribution in [2.45, 2.75) is 0 Å². The number of anilines is 1. The number of hydrogen-bond donors (Lipinski definition) is 2. The average molecular weight is 263 g/mol. The Morgan fingerprint density at radius 2 is 2.18 bits per heavy atom. The predicted molar refractivity (Wildman–Crippen MR) is 58.0 cm³/mol. The molecule has 6 nitrogen and oxygen atoms in total. The van der Waals surface area contributed by atoms with E-state index in [-0.39, 0.29) is 11.4 Å². The summed E-state index contributed by atoms with van der Waals surface area (Å²) < 4.78 is 42.2. The second kappa shape index (κ2) is 5.00. The van der Waals surface area contributed by atoms with Crippen LogP contribution in [0.2, 0.25) is 0 Å². The highest BCUT2D eigenvalue weighted by atomic mass is 32.2. The molecule has 94 valence electrons. The lowest BCUT2D eigenvalue weighted by Crippen LogP contribution is -2.22. The highest BCUT2D eigenvalue weighted by molar-refractivity contribution is 7.93. The first kappa shape index (κ1) is 13.2. The molecule has 0 unspecified atom stereocenters. The second-order valence-electron chi connectivity index (χ2n) is 3.10. The van der Waals surface area contributed by atoms with Gasteiger partial charge in [-0.2, -0.15) is 0 Å². The summed E-state index contributed by atoms with van der Waals surface area (Å²) in [6.45, 7) is 0. The van der Waals surface area contributed by atoms with Crippen molar-refractivity contribution in [3.05, 3.63) is 24.0 Å². The van der Waals surface area contributed by atoms with Gasteiger partial charge in [0.2, 0.25) is 10.0 Å². The highest BCUT2D eigenvalue weighted by Crippen LogP contribution is 2.22. The molecule has 0 bridgehead atoms. The Kier molecular flexibility index (Phi) is 3.89. The van der Waals surface area contributed by atoms with E-state index >= 15 is 0 Å². The summed E-state index contributed by atoms with van der Waals surface area (Å²) in [5.41, 5.74) is 0.0319. The van der Waals surface area contributed by atoms with Crippen molar-refractivity contribution in [2.24, 2.45) is 0 Å². The van der Waals surface area contributed by atoms with E-state index in [2.05, 4.69) is 4.74 Å². The lowest BCUT2D eigenvalue weighted by molar-refractivity contribution is -0.134. The lowest BCUT2D eigenvalue weighted by atomic mass is 10.3. The fourth-order valence-electron chi connectivity index (χ4n) is 1.10. The highest BCUT2D eigenvalue weighted by Gasteiger charge is 2.16. The molecule has 0 saturated carbocycles.